The Morgan fingerprint density at radius 2 is 2.13 bits per heavy atom. The van der Waals surface area contributed by atoms with Crippen molar-refractivity contribution in [3.05, 3.63) is 57.3 Å². The van der Waals surface area contributed by atoms with Gasteiger partial charge in [0, 0.05) is 26.3 Å². The van der Waals surface area contributed by atoms with Gasteiger partial charge in [-0.1, -0.05) is 15.9 Å². The molecule has 3 rings (SSSR count). The fraction of sp³-hybridized carbons (Fsp3) is 0.118. The number of hydrogen-bond acceptors (Lipinski definition) is 4. The number of aromatic hydroxyl groups is 1. The molecule has 0 saturated heterocycles. The molecule has 0 bridgehead atoms. The molecular formula is C17H12BrFO3S. The van der Waals surface area contributed by atoms with Crippen molar-refractivity contribution < 1.29 is 19.0 Å². The Morgan fingerprint density at radius 1 is 1.35 bits per heavy atom. The number of carbonyl (C=O) groups is 1. The van der Waals surface area contributed by atoms with Gasteiger partial charge in [-0.2, -0.15) is 0 Å². The Bertz CT molecular complexity index is 833. The first kappa shape index (κ1) is 16.1. The molecule has 1 aliphatic heterocycles. The fourth-order valence-corrected chi connectivity index (χ4v) is 3.77. The number of carbonyl (C=O) groups excluding carboxylic acids is 1. The number of rotatable bonds is 2. The highest BCUT2D eigenvalue weighted by Gasteiger charge is 2.23. The van der Waals surface area contributed by atoms with Gasteiger partial charge in [0.25, 0.3) is 0 Å². The lowest BCUT2D eigenvalue weighted by atomic mass is 10.0. The van der Waals surface area contributed by atoms with Crippen LogP contribution in [0.1, 0.15) is 15.9 Å². The zero-order chi connectivity index (χ0) is 16.6. The van der Waals surface area contributed by atoms with Crippen molar-refractivity contribution in [2.75, 3.05) is 12.9 Å². The van der Waals surface area contributed by atoms with Crippen LogP contribution in [0.25, 0.3) is 6.08 Å². The van der Waals surface area contributed by atoms with Crippen molar-refractivity contribution in [1.29, 1.82) is 0 Å². The van der Waals surface area contributed by atoms with Crippen LogP contribution in [0.3, 0.4) is 0 Å². The average molecular weight is 395 g/mol. The molecule has 0 spiro atoms. The summed E-state index contributed by atoms with van der Waals surface area (Å²) in [6.07, 6.45) is 1.73. The molecular weight excluding hydrogens is 383 g/mol. The molecule has 2 aromatic carbocycles. The van der Waals surface area contributed by atoms with Gasteiger partial charge in [0.15, 0.2) is 17.3 Å². The Balaban J connectivity index is 2.03. The minimum absolute atomic E-state index is 0.0123. The van der Waals surface area contributed by atoms with E-state index in [2.05, 4.69) is 15.9 Å². The summed E-state index contributed by atoms with van der Waals surface area (Å²) in [6.45, 7) is 0. The van der Waals surface area contributed by atoms with E-state index in [-0.39, 0.29) is 11.5 Å². The summed E-state index contributed by atoms with van der Waals surface area (Å²) in [6, 6.07) is 7.41. The van der Waals surface area contributed by atoms with Crippen LogP contribution in [0, 0.1) is 5.82 Å². The highest BCUT2D eigenvalue weighted by molar-refractivity contribution is 9.10. The number of thioether (sulfide) groups is 1. The lowest BCUT2D eigenvalue weighted by Crippen LogP contribution is -2.12. The molecule has 0 fully saturated rings. The largest absolute Gasteiger partial charge is 0.504 e. The molecule has 0 atom stereocenters. The van der Waals surface area contributed by atoms with Crippen molar-refractivity contribution in [3.63, 3.8) is 0 Å². The van der Waals surface area contributed by atoms with Crippen LogP contribution in [0.4, 0.5) is 4.39 Å². The predicted octanol–water partition coefficient (Wildman–Crippen LogP) is 4.67. The summed E-state index contributed by atoms with van der Waals surface area (Å²) in [7, 11) is 1.46. The monoisotopic (exact) mass is 394 g/mol. The van der Waals surface area contributed by atoms with E-state index < -0.39 is 5.82 Å². The third kappa shape index (κ3) is 3.14. The van der Waals surface area contributed by atoms with Crippen LogP contribution in [0.2, 0.25) is 0 Å². The number of fused-ring (bicyclic) bond motifs is 1. The van der Waals surface area contributed by atoms with Crippen LogP contribution < -0.4 is 4.74 Å². The Hall–Kier alpha value is -1.79. The minimum atomic E-state index is -0.425. The van der Waals surface area contributed by atoms with E-state index in [1.165, 1.54) is 37.1 Å². The first-order valence-electron chi connectivity index (χ1n) is 6.73. The molecule has 0 aromatic heterocycles. The minimum Gasteiger partial charge on any atom is -0.504 e. The lowest BCUT2D eigenvalue weighted by Gasteiger charge is -2.17. The Morgan fingerprint density at radius 3 is 2.87 bits per heavy atom. The summed E-state index contributed by atoms with van der Waals surface area (Å²) < 4.78 is 19.1. The zero-order valence-electron chi connectivity index (χ0n) is 12.1. The molecule has 23 heavy (non-hydrogen) atoms. The van der Waals surface area contributed by atoms with Crippen molar-refractivity contribution in [2.45, 2.75) is 4.90 Å². The lowest BCUT2D eigenvalue weighted by molar-refractivity contribution is 0.103. The van der Waals surface area contributed by atoms with Gasteiger partial charge in [-0.3, -0.25) is 4.79 Å². The summed E-state index contributed by atoms with van der Waals surface area (Å²) in [4.78, 5) is 13.3. The Labute approximate surface area is 145 Å². The Kier molecular flexibility index (Phi) is 4.46. The number of methoxy groups -OCH3 is 1. The molecule has 0 aliphatic carbocycles. The van der Waals surface area contributed by atoms with E-state index in [9.17, 15) is 14.3 Å². The topological polar surface area (TPSA) is 46.5 Å². The van der Waals surface area contributed by atoms with Crippen molar-refractivity contribution in [1.82, 2.24) is 0 Å². The first-order chi connectivity index (χ1) is 11.0. The van der Waals surface area contributed by atoms with E-state index in [1.54, 1.807) is 18.2 Å². The number of ether oxygens (including phenoxy) is 1. The van der Waals surface area contributed by atoms with Gasteiger partial charge >= 0.3 is 0 Å². The quantitative estimate of drug-likeness (QED) is 0.751. The van der Waals surface area contributed by atoms with Crippen LogP contribution in [-0.4, -0.2) is 23.8 Å². The molecule has 3 nitrogen and oxygen atoms in total. The molecule has 1 N–H and O–H groups in total. The van der Waals surface area contributed by atoms with Crippen LogP contribution in [0.15, 0.2) is 45.3 Å². The summed E-state index contributed by atoms with van der Waals surface area (Å²) in [5.74, 6) is 0.233. The standard InChI is InChI=1S/C17H12BrFO3S/c1-22-15-5-9(13(18)7-14(15)20)4-10-8-23-16-3-2-11(19)6-12(16)17(10)21/h2-7,20H,8H2,1H3. The number of benzene rings is 2. The van der Waals surface area contributed by atoms with Crippen LogP contribution >= 0.6 is 27.7 Å². The van der Waals surface area contributed by atoms with Gasteiger partial charge in [-0.15, -0.1) is 11.8 Å². The molecule has 0 radical (unpaired) electrons. The molecule has 1 aliphatic rings. The third-order valence-electron chi connectivity index (χ3n) is 3.49. The molecule has 2 aromatic rings. The second kappa shape index (κ2) is 6.37. The highest BCUT2D eigenvalue weighted by atomic mass is 79.9. The molecule has 0 saturated carbocycles. The maximum atomic E-state index is 13.4. The average Bonchev–Trinajstić information content (AvgIpc) is 2.53. The zero-order valence-corrected chi connectivity index (χ0v) is 14.5. The van der Waals surface area contributed by atoms with Gasteiger partial charge in [0.2, 0.25) is 0 Å². The molecule has 1 heterocycles. The van der Waals surface area contributed by atoms with Gasteiger partial charge in [-0.05, 0) is 42.0 Å². The highest BCUT2D eigenvalue weighted by Crippen LogP contribution is 2.37. The number of phenolic OH excluding ortho intramolecular Hbond substituents is 1. The summed E-state index contributed by atoms with van der Waals surface area (Å²) in [5, 5.41) is 9.75. The summed E-state index contributed by atoms with van der Waals surface area (Å²) >= 11 is 4.86. The molecule has 6 heteroatoms. The third-order valence-corrected chi connectivity index (χ3v) is 5.30. The van der Waals surface area contributed by atoms with E-state index >= 15 is 0 Å². The maximum Gasteiger partial charge on any atom is 0.191 e. The fourth-order valence-electron chi connectivity index (χ4n) is 2.33. The molecule has 0 amide bonds. The smallest absolute Gasteiger partial charge is 0.191 e. The van der Waals surface area contributed by atoms with E-state index in [0.717, 1.165) is 4.90 Å². The van der Waals surface area contributed by atoms with Crippen molar-refractivity contribution >= 4 is 39.6 Å². The van der Waals surface area contributed by atoms with Crippen LogP contribution in [0.5, 0.6) is 11.5 Å². The van der Waals surface area contributed by atoms with E-state index in [4.69, 9.17) is 4.74 Å². The second-order valence-electron chi connectivity index (χ2n) is 4.97. The van der Waals surface area contributed by atoms with Crippen molar-refractivity contribution in [3.8, 4) is 11.5 Å². The number of phenols is 1. The number of halogens is 2. The summed E-state index contributed by atoms with van der Waals surface area (Å²) in [5.41, 5.74) is 1.67. The van der Waals surface area contributed by atoms with E-state index in [1.807, 2.05) is 0 Å². The van der Waals surface area contributed by atoms with Gasteiger partial charge < -0.3 is 9.84 Å². The normalized spacial score (nSPS) is 15.6. The van der Waals surface area contributed by atoms with Crippen LogP contribution in [-0.2, 0) is 0 Å². The molecule has 0 unspecified atom stereocenters. The van der Waals surface area contributed by atoms with Crippen molar-refractivity contribution in [2.24, 2.45) is 0 Å². The number of Topliss-reactive ketones (excluding diaryl/α,β-unsaturated/α-hetero) is 1. The SMILES string of the molecule is COc1cc(C=C2CSc3ccc(F)cc3C2=O)c(Br)cc1O. The number of ketones is 1. The maximum absolute atomic E-state index is 13.4. The van der Waals surface area contributed by atoms with E-state index in [0.29, 0.717) is 32.7 Å². The first-order valence-corrected chi connectivity index (χ1v) is 8.51. The predicted molar refractivity (Wildman–Crippen MR) is 91.8 cm³/mol. The second-order valence-corrected chi connectivity index (χ2v) is 6.84. The van der Waals surface area contributed by atoms with Gasteiger partial charge in [0.1, 0.15) is 5.82 Å². The number of hydrogen-bond donors (Lipinski definition) is 1. The molecule has 118 valence electrons. The van der Waals surface area contributed by atoms with Gasteiger partial charge in [-0.25, -0.2) is 4.39 Å². The van der Waals surface area contributed by atoms with Gasteiger partial charge in [0.05, 0.1) is 7.11 Å².